The van der Waals surface area contributed by atoms with E-state index in [0.717, 1.165) is 0 Å². The van der Waals surface area contributed by atoms with Crippen molar-refractivity contribution in [2.45, 2.75) is 5.03 Å². The number of pyridine rings is 1. The molecule has 2 heterocycles. The standard InChI is InChI=1S/C11H12N4OS/c1-15-7-5-9(14-15)13-10(16)8-4-3-6-12-11(8)17-2/h3-7H,1-2H3,(H,13,14,16). The molecule has 0 aliphatic heterocycles. The zero-order valence-electron chi connectivity index (χ0n) is 9.54. The van der Waals surface area contributed by atoms with Crippen LogP contribution in [0.3, 0.4) is 0 Å². The number of carbonyl (C=O) groups is 1. The molecule has 1 amide bonds. The van der Waals surface area contributed by atoms with Gasteiger partial charge in [-0.3, -0.25) is 9.48 Å². The highest BCUT2D eigenvalue weighted by molar-refractivity contribution is 7.98. The van der Waals surface area contributed by atoms with Crippen LogP contribution in [0.5, 0.6) is 0 Å². The number of rotatable bonds is 3. The second kappa shape index (κ2) is 5.01. The number of hydrogen-bond donors (Lipinski definition) is 1. The summed E-state index contributed by atoms with van der Waals surface area (Å²) in [6.07, 6.45) is 5.33. The largest absolute Gasteiger partial charge is 0.305 e. The monoisotopic (exact) mass is 248 g/mol. The Hall–Kier alpha value is -1.82. The lowest BCUT2D eigenvalue weighted by Gasteiger charge is -2.05. The molecule has 2 aromatic rings. The number of aromatic nitrogens is 3. The normalized spacial score (nSPS) is 10.2. The van der Waals surface area contributed by atoms with Gasteiger partial charge in [-0.25, -0.2) is 4.98 Å². The first-order valence-corrected chi connectivity index (χ1v) is 6.23. The van der Waals surface area contributed by atoms with Crippen LogP contribution < -0.4 is 5.32 Å². The van der Waals surface area contributed by atoms with Gasteiger partial charge in [-0.2, -0.15) is 5.10 Å². The molecule has 2 rings (SSSR count). The predicted octanol–water partition coefficient (Wildman–Crippen LogP) is 1.79. The van der Waals surface area contributed by atoms with Crippen molar-refractivity contribution in [3.8, 4) is 0 Å². The Morgan fingerprint density at radius 3 is 2.94 bits per heavy atom. The molecule has 0 saturated heterocycles. The number of anilines is 1. The molecular formula is C11H12N4OS. The number of nitrogens with zero attached hydrogens (tertiary/aromatic N) is 3. The van der Waals surface area contributed by atoms with Crippen molar-refractivity contribution in [2.75, 3.05) is 11.6 Å². The van der Waals surface area contributed by atoms with Crippen molar-refractivity contribution in [1.29, 1.82) is 0 Å². The van der Waals surface area contributed by atoms with Crippen molar-refractivity contribution >= 4 is 23.5 Å². The lowest BCUT2D eigenvalue weighted by molar-refractivity contribution is 0.102. The molecule has 0 aliphatic carbocycles. The summed E-state index contributed by atoms with van der Waals surface area (Å²) in [6, 6.07) is 5.23. The zero-order chi connectivity index (χ0) is 12.3. The summed E-state index contributed by atoms with van der Waals surface area (Å²) in [5.74, 6) is 0.342. The molecule has 0 saturated carbocycles. The van der Waals surface area contributed by atoms with Crippen LogP contribution in [0.15, 0.2) is 35.6 Å². The number of hydrogen-bond acceptors (Lipinski definition) is 4. The van der Waals surface area contributed by atoms with Crippen LogP contribution in [0.1, 0.15) is 10.4 Å². The summed E-state index contributed by atoms with van der Waals surface area (Å²) in [6.45, 7) is 0. The van der Waals surface area contributed by atoms with Gasteiger partial charge in [0, 0.05) is 25.5 Å². The molecule has 0 radical (unpaired) electrons. The van der Waals surface area contributed by atoms with Gasteiger partial charge in [-0.1, -0.05) is 0 Å². The van der Waals surface area contributed by atoms with E-state index in [1.54, 1.807) is 42.3 Å². The number of thioether (sulfide) groups is 1. The average molecular weight is 248 g/mol. The first-order chi connectivity index (χ1) is 8.20. The van der Waals surface area contributed by atoms with Gasteiger partial charge in [0.05, 0.1) is 5.56 Å². The van der Waals surface area contributed by atoms with Gasteiger partial charge >= 0.3 is 0 Å². The molecule has 2 aromatic heterocycles. The van der Waals surface area contributed by atoms with E-state index >= 15 is 0 Å². The van der Waals surface area contributed by atoms with Gasteiger partial charge in [-0.15, -0.1) is 11.8 Å². The Morgan fingerprint density at radius 2 is 2.29 bits per heavy atom. The fraction of sp³-hybridized carbons (Fsp3) is 0.182. The highest BCUT2D eigenvalue weighted by Gasteiger charge is 2.12. The number of nitrogens with one attached hydrogen (secondary N) is 1. The number of carbonyl (C=O) groups excluding carboxylic acids is 1. The summed E-state index contributed by atoms with van der Waals surface area (Å²) in [4.78, 5) is 16.1. The second-order valence-corrected chi connectivity index (χ2v) is 4.18. The van der Waals surface area contributed by atoms with Crippen LogP contribution >= 0.6 is 11.8 Å². The maximum absolute atomic E-state index is 12.0. The number of aryl methyl sites for hydroxylation is 1. The Bertz CT molecular complexity index is 538. The summed E-state index contributed by atoms with van der Waals surface area (Å²) in [5, 5.41) is 7.53. The third kappa shape index (κ3) is 2.65. The maximum atomic E-state index is 12.0. The molecular weight excluding hydrogens is 236 g/mol. The highest BCUT2D eigenvalue weighted by atomic mass is 32.2. The third-order valence-electron chi connectivity index (χ3n) is 2.16. The molecule has 0 bridgehead atoms. The lowest BCUT2D eigenvalue weighted by atomic mass is 10.2. The molecule has 0 fully saturated rings. The highest BCUT2D eigenvalue weighted by Crippen LogP contribution is 2.17. The predicted molar refractivity (Wildman–Crippen MR) is 67.2 cm³/mol. The van der Waals surface area contributed by atoms with Gasteiger partial charge < -0.3 is 5.32 Å². The summed E-state index contributed by atoms with van der Waals surface area (Å²) in [7, 11) is 1.80. The van der Waals surface area contributed by atoms with Crippen LogP contribution in [-0.2, 0) is 7.05 Å². The van der Waals surface area contributed by atoms with Crippen LogP contribution in [0.25, 0.3) is 0 Å². The minimum Gasteiger partial charge on any atom is -0.305 e. The number of amides is 1. The van der Waals surface area contributed by atoms with E-state index in [1.165, 1.54) is 11.8 Å². The lowest BCUT2D eigenvalue weighted by Crippen LogP contribution is -2.14. The SMILES string of the molecule is CSc1ncccc1C(=O)Nc1ccn(C)n1. The molecule has 0 unspecified atom stereocenters. The first kappa shape index (κ1) is 11.7. The molecule has 88 valence electrons. The summed E-state index contributed by atoms with van der Waals surface area (Å²) < 4.78 is 1.63. The van der Waals surface area contributed by atoms with Gasteiger partial charge in [0.2, 0.25) is 0 Å². The minimum absolute atomic E-state index is 0.193. The van der Waals surface area contributed by atoms with Crippen LogP contribution in [0.4, 0.5) is 5.82 Å². The van der Waals surface area contributed by atoms with E-state index < -0.39 is 0 Å². The topological polar surface area (TPSA) is 59.8 Å². The molecule has 0 atom stereocenters. The Balaban J connectivity index is 2.20. The first-order valence-electron chi connectivity index (χ1n) is 5.00. The van der Waals surface area contributed by atoms with Crippen molar-refractivity contribution in [1.82, 2.24) is 14.8 Å². The fourth-order valence-corrected chi connectivity index (χ4v) is 1.94. The molecule has 0 aliphatic rings. The van der Waals surface area contributed by atoms with Crippen molar-refractivity contribution in [3.63, 3.8) is 0 Å². The molecule has 17 heavy (non-hydrogen) atoms. The van der Waals surface area contributed by atoms with Crippen LogP contribution in [-0.4, -0.2) is 26.9 Å². The van der Waals surface area contributed by atoms with Gasteiger partial charge in [-0.05, 0) is 18.4 Å². The van der Waals surface area contributed by atoms with E-state index in [-0.39, 0.29) is 5.91 Å². The summed E-state index contributed by atoms with van der Waals surface area (Å²) >= 11 is 1.44. The molecule has 1 N–H and O–H groups in total. The Labute approximate surface area is 103 Å². The van der Waals surface area contributed by atoms with Crippen molar-refractivity contribution < 1.29 is 4.79 Å². The maximum Gasteiger partial charge on any atom is 0.259 e. The van der Waals surface area contributed by atoms with Gasteiger partial charge in [0.25, 0.3) is 5.91 Å². The van der Waals surface area contributed by atoms with E-state index in [2.05, 4.69) is 15.4 Å². The summed E-state index contributed by atoms with van der Waals surface area (Å²) in [5.41, 5.74) is 0.561. The average Bonchev–Trinajstić information content (AvgIpc) is 2.74. The Morgan fingerprint density at radius 1 is 1.47 bits per heavy atom. The third-order valence-corrected chi connectivity index (χ3v) is 2.88. The quantitative estimate of drug-likeness (QED) is 0.841. The van der Waals surface area contributed by atoms with Crippen LogP contribution in [0, 0.1) is 0 Å². The fourth-order valence-electron chi connectivity index (χ4n) is 1.39. The van der Waals surface area contributed by atoms with Crippen LogP contribution in [0.2, 0.25) is 0 Å². The smallest absolute Gasteiger partial charge is 0.259 e. The second-order valence-electron chi connectivity index (χ2n) is 3.39. The van der Waals surface area contributed by atoms with Gasteiger partial charge in [0.1, 0.15) is 5.03 Å². The van der Waals surface area contributed by atoms with Crippen molar-refractivity contribution in [2.24, 2.45) is 7.05 Å². The van der Waals surface area contributed by atoms with E-state index in [4.69, 9.17) is 0 Å². The molecule has 0 spiro atoms. The molecule has 5 nitrogen and oxygen atoms in total. The zero-order valence-corrected chi connectivity index (χ0v) is 10.4. The van der Waals surface area contributed by atoms with E-state index in [0.29, 0.717) is 16.4 Å². The molecule has 6 heteroatoms. The Kier molecular flexibility index (Phi) is 3.43. The minimum atomic E-state index is -0.193. The molecule has 0 aromatic carbocycles. The van der Waals surface area contributed by atoms with E-state index in [9.17, 15) is 4.79 Å². The van der Waals surface area contributed by atoms with Gasteiger partial charge in [0.15, 0.2) is 5.82 Å². The van der Waals surface area contributed by atoms with E-state index in [1.807, 2.05) is 6.26 Å². The van der Waals surface area contributed by atoms with Crippen molar-refractivity contribution in [3.05, 3.63) is 36.2 Å².